The predicted molar refractivity (Wildman–Crippen MR) is 460 cm³/mol. The second kappa shape index (κ2) is 51.9. The van der Waals surface area contributed by atoms with Crippen LogP contribution in [0.3, 0.4) is 0 Å². The van der Waals surface area contributed by atoms with Gasteiger partial charge < -0.3 is 86.9 Å². The SMILES string of the molecule is CCOC(=O)/C(=C/N(C)C)C(=O)CC(OCC)OCC.CCOC(=O)c1cn(N2[C@@H](c3cc(OCCCOC)c(Cl)cc3Br)CCC2(CO)CO)ccc1=O.CCOC(=O)c1cn(N2[C@@H](c3cc(OCCCOC)c(Cl)cc3Br)CCC2(COC(C)=O)COC(C)=O)ccc1=O.COCCCOc1cc([C@H]2CCC(CO)(CO)N2N)c(Br)cc1Cl. The summed E-state index contributed by atoms with van der Waals surface area (Å²) < 4.78 is 74.7. The summed E-state index contributed by atoms with van der Waals surface area (Å²) in [5.41, 5.74) is -1.68. The second-order valence-corrected chi connectivity index (χ2v) is 31.7. The average molecular weight is 1940 g/mol. The number of ketones is 1. The van der Waals surface area contributed by atoms with E-state index in [2.05, 4.69) is 47.8 Å². The Kier molecular flexibility index (Phi) is 44.8. The lowest BCUT2D eigenvalue weighted by Gasteiger charge is -2.43. The van der Waals surface area contributed by atoms with Gasteiger partial charge in [0.1, 0.15) is 58.2 Å². The molecule has 3 atom stereocenters. The van der Waals surface area contributed by atoms with Crippen molar-refractivity contribution >= 4 is 118 Å². The number of nitrogens with zero attached hydrogens (tertiary/aromatic N) is 6. The number of hydrazine groups is 1. The van der Waals surface area contributed by atoms with Crippen molar-refractivity contribution in [1.82, 2.24) is 19.3 Å². The number of benzene rings is 3. The van der Waals surface area contributed by atoms with Crippen LogP contribution in [0.25, 0.3) is 0 Å². The number of esters is 5. The highest BCUT2D eigenvalue weighted by atomic mass is 79.9. The Bertz CT molecular complexity index is 4280. The number of nitrogens with two attached hydrogens (primary N) is 1. The van der Waals surface area contributed by atoms with Gasteiger partial charge in [-0.1, -0.05) is 82.6 Å². The van der Waals surface area contributed by atoms with Gasteiger partial charge >= 0.3 is 29.8 Å². The maximum Gasteiger partial charge on any atom is 0.343 e. The number of carbonyl (C=O) groups is 6. The molecule has 3 fully saturated rings. The van der Waals surface area contributed by atoms with Crippen molar-refractivity contribution in [1.29, 1.82) is 0 Å². The van der Waals surface area contributed by atoms with Crippen molar-refractivity contribution in [3.63, 3.8) is 0 Å². The number of aromatic nitrogens is 2. The molecular formula is C82H113Br3Cl3N7O25. The van der Waals surface area contributed by atoms with Crippen molar-refractivity contribution in [3.05, 3.63) is 162 Å². The Balaban J connectivity index is 0.000000296. The van der Waals surface area contributed by atoms with Crippen LogP contribution in [0.1, 0.15) is 168 Å². The molecule has 0 saturated carbocycles. The smallest absolute Gasteiger partial charge is 0.343 e. The number of pyridine rings is 2. The molecule has 3 saturated heterocycles. The van der Waals surface area contributed by atoms with Gasteiger partial charge in [-0.05, 0) is 126 Å². The molecule has 3 aliphatic rings. The molecule has 32 nitrogen and oxygen atoms in total. The van der Waals surface area contributed by atoms with E-state index in [1.165, 1.54) is 57.0 Å². The van der Waals surface area contributed by atoms with E-state index in [4.69, 9.17) is 102 Å². The van der Waals surface area contributed by atoms with Crippen LogP contribution >= 0.6 is 82.6 Å². The topological polar surface area (TPSA) is 386 Å². The number of carbonyl (C=O) groups excluding carboxylic acids is 6. The molecule has 3 aliphatic heterocycles. The van der Waals surface area contributed by atoms with E-state index in [1.807, 2.05) is 37.1 Å². The third kappa shape index (κ3) is 28.8. The van der Waals surface area contributed by atoms with Gasteiger partial charge in [0.25, 0.3) is 0 Å². The number of Topliss-reactive ketones (excluding diaryl/α,β-unsaturated/α-hetero) is 1. The van der Waals surface area contributed by atoms with Crippen LogP contribution in [-0.2, 0) is 66.5 Å². The molecule has 0 bridgehead atoms. The third-order valence-electron chi connectivity index (χ3n) is 19.4. The number of rotatable bonds is 42. The first kappa shape index (κ1) is 104. The first-order valence-electron chi connectivity index (χ1n) is 39.0. The first-order chi connectivity index (χ1) is 57.3. The summed E-state index contributed by atoms with van der Waals surface area (Å²) in [6.07, 6.45) is 12.0. The van der Waals surface area contributed by atoms with Gasteiger partial charge in [-0.3, -0.25) is 49.2 Å². The van der Waals surface area contributed by atoms with Crippen LogP contribution in [0.2, 0.25) is 15.1 Å². The van der Waals surface area contributed by atoms with Crippen molar-refractivity contribution in [2.45, 2.75) is 154 Å². The zero-order chi connectivity index (χ0) is 89.0. The monoisotopic (exact) mass is 1940 g/mol. The van der Waals surface area contributed by atoms with Gasteiger partial charge in [-0.2, -0.15) is 0 Å². The van der Waals surface area contributed by atoms with E-state index >= 15 is 0 Å². The van der Waals surface area contributed by atoms with E-state index < -0.39 is 69.7 Å². The number of aliphatic hydroxyl groups excluding tert-OH is 4. The van der Waals surface area contributed by atoms with Gasteiger partial charge in [-0.15, -0.1) is 0 Å². The molecule has 668 valence electrons. The zero-order valence-electron chi connectivity index (χ0n) is 69.8. The molecule has 5 aromatic rings. The maximum absolute atomic E-state index is 12.6. The second-order valence-electron chi connectivity index (χ2n) is 28.0. The molecule has 3 aromatic carbocycles. The molecule has 0 unspecified atom stereocenters. The summed E-state index contributed by atoms with van der Waals surface area (Å²) in [7, 11) is 8.35. The van der Waals surface area contributed by atoms with Gasteiger partial charge in [0.05, 0.1) is 111 Å². The van der Waals surface area contributed by atoms with Crippen LogP contribution in [0.4, 0.5) is 0 Å². The van der Waals surface area contributed by atoms with Gasteiger partial charge in [0.15, 0.2) is 22.9 Å². The minimum atomic E-state index is -1.05. The van der Waals surface area contributed by atoms with E-state index in [0.29, 0.717) is 135 Å². The van der Waals surface area contributed by atoms with Crippen LogP contribution < -0.4 is 40.9 Å². The molecule has 8 rings (SSSR count). The van der Waals surface area contributed by atoms with Crippen LogP contribution in [-0.4, -0.2) is 246 Å². The van der Waals surface area contributed by atoms with E-state index in [9.17, 15) is 58.8 Å². The van der Waals surface area contributed by atoms with Crippen molar-refractivity contribution in [2.24, 2.45) is 5.84 Å². The fraction of sp³-hybridized carbons (Fsp3) is 0.561. The van der Waals surface area contributed by atoms with E-state index in [0.717, 1.165) is 38.5 Å². The van der Waals surface area contributed by atoms with E-state index in [1.54, 1.807) is 98.7 Å². The lowest BCUT2D eigenvalue weighted by molar-refractivity contribution is -0.152. The largest absolute Gasteiger partial charge is 0.492 e. The highest BCUT2D eigenvalue weighted by Crippen LogP contribution is 2.49. The molecule has 0 aliphatic carbocycles. The van der Waals surface area contributed by atoms with Gasteiger partial charge in [0.2, 0.25) is 0 Å². The Morgan fingerprint density at radius 2 is 0.883 bits per heavy atom. The Labute approximate surface area is 739 Å². The standard InChI is InChI=1S/C28H34BrClN2O9.C24H30BrClN2O7.C16H24BrClN2O4.C14H25NO5/c1-5-38-27(36)21-15-31(10-8-25(21)35)32-24(7-9-28(32,16-40-18(2)33)17-41-19(3)34)20-13-26(23(30)14-22(20)29)39-12-6-11-37-4;1-3-34-23(32)17-13-27(8-6-21(17)31)28-20(5-7-24(28,14-29)15-30)16-11-22(19(26)12-18(16)25)35-10-4-9-33-2;1-23-5-2-6-24-15-7-11(12(17)8-13(15)18)14-3-4-16(9-21,10-22)20(14)19;1-6-18-13(19-7-2)9-12(16)11(10-15(4)5)14(17)20-8-3/h8,10,13-15,24H,5-7,9,11-12,16-17H2,1-4H3;6,8,11-13,20,29-30H,3-5,7,9-10,14-15H2,1-2H3;7-8,14,21-22H,2-6,9-10,19H2,1H3;10,13H,6-9H2,1-5H3/b;;;11-10+/t24-;20-;14-;/m111./s1. The Morgan fingerprint density at radius 3 is 1.23 bits per heavy atom. The molecule has 6 N–H and O–H groups in total. The molecule has 0 spiro atoms. The fourth-order valence-corrected chi connectivity index (χ4v) is 16.4. The number of methoxy groups -OCH3 is 3. The molecule has 2 aromatic heterocycles. The normalized spacial score (nSPS) is 16.4. The number of aliphatic hydroxyl groups is 4. The molecule has 38 heteroatoms. The summed E-state index contributed by atoms with van der Waals surface area (Å²) in [6, 6.07) is 12.4. The lowest BCUT2D eigenvalue weighted by Crippen LogP contribution is -2.57. The Hall–Kier alpha value is -7.01. The summed E-state index contributed by atoms with van der Waals surface area (Å²) in [6.45, 7) is 14.2. The van der Waals surface area contributed by atoms with Crippen LogP contribution in [0.5, 0.6) is 17.2 Å². The summed E-state index contributed by atoms with van der Waals surface area (Å²) >= 11 is 29.9. The molecule has 120 heavy (non-hydrogen) atoms. The number of hydrogen-bond donors (Lipinski definition) is 5. The van der Waals surface area contributed by atoms with E-state index in [-0.39, 0.29) is 100 Å². The van der Waals surface area contributed by atoms with Gasteiger partial charge in [0, 0.05) is 158 Å². The number of ether oxygens (including phenoxy) is 13. The fourth-order valence-electron chi connectivity index (χ4n) is 13.5. The maximum atomic E-state index is 12.6. The molecule has 0 amide bonds. The van der Waals surface area contributed by atoms with Crippen molar-refractivity contribution < 1.29 is 111 Å². The van der Waals surface area contributed by atoms with Crippen molar-refractivity contribution in [3.8, 4) is 17.2 Å². The highest BCUT2D eigenvalue weighted by Gasteiger charge is 2.52. The van der Waals surface area contributed by atoms with Crippen molar-refractivity contribution in [2.75, 3.05) is 158 Å². The minimum Gasteiger partial charge on any atom is -0.492 e. The molecule has 5 heterocycles. The molecular weight excluding hydrogens is 1830 g/mol. The lowest BCUT2D eigenvalue weighted by atomic mass is 9.99. The third-order valence-corrected chi connectivity index (χ3v) is 22.3. The zero-order valence-corrected chi connectivity index (χ0v) is 76.8. The number of hydrogen-bond acceptors (Lipinski definition) is 30. The average Bonchev–Trinajstić information content (AvgIpc) is 1.56. The summed E-state index contributed by atoms with van der Waals surface area (Å²) in [5.74, 6) is 4.25. The predicted octanol–water partition coefficient (Wildman–Crippen LogP) is 10.9. The molecule has 0 radical (unpaired) electrons. The first-order valence-corrected chi connectivity index (χ1v) is 42.6. The Morgan fingerprint density at radius 1 is 0.525 bits per heavy atom. The summed E-state index contributed by atoms with van der Waals surface area (Å²) in [4.78, 5) is 99.4. The summed E-state index contributed by atoms with van der Waals surface area (Å²) in [5, 5.41) is 46.5. The highest BCUT2D eigenvalue weighted by molar-refractivity contribution is 9.11. The number of halogens is 6. The quantitative estimate of drug-likeness (QED) is 0.00354. The minimum absolute atomic E-state index is 0.00116. The van der Waals surface area contributed by atoms with Crippen LogP contribution in [0, 0.1) is 0 Å². The van der Waals surface area contributed by atoms with Crippen LogP contribution in [0.15, 0.2) is 108 Å². The van der Waals surface area contributed by atoms with Gasteiger partial charge in [-0.25, -0.2) is 19.4 Å².